The molecule has 26 heavy (non-hydrogen) atoms. The predicted octanol–water partition coefficient (Wildman–Crippen LogP) is 4.58. The van der Waals surface area contributed by atoms with Gasteiger partial charge in [0.25, 0.3) is 0 Å². The summed E-state index contributed by atoms with van der Waals surface area (Å²) in [5.74, 6) is 0.514. The van der Waals surface area contributed by atoms with E-state index < -0.39 is 0 Å². The Balaban J connectivity index is 1.93. The molecule has 1 heterocycles. The Morgan fingerprint density at radius 2 is 1.85 bits per heavy atom. The van der Waals surface area contributed by atoms with E-state index in [1.807, 2.05) is 30.3 Å². The highest BCUT2D eigenvalue weighted by Crippen LogP contribution is 2.26. The molecule has 0 aliphatic rings. The molecule has 1 aromatic heterocycles. The molecule has 3 N–H and O–H groups in total. The third-order valence-electron chi connectivity index (χ3n) is 3.61. The van der Waals surface area contributed by atoms with E-state index in [1.165, 1.54) is 6.07 Å². The number of aliphatic hydroxyl groups excluding tert-OH is 1. The first-order chi connectivity index (χ1) is 12.7. The first-order valence-electron chi connectivity index (χ1n) is 8.17. The van der Waals surface area contributed by atoms with Crippen LogP contribution in [0.1, 0.15) is 6.42 Å². The lowest BCUT2D eigenvalue weighted by atomic mass is 10.1. The van der Waals surface area contributed by atoms with Crippen LogP contribution in [0.25, 0.3) is 11.3 Å². The summed E-state index contributed by atoms with van der Waals surface area (Å²) in [7, 11) is 0. The highest BCUT2D eigenvalue weighted by Gasteiger charge is 2.09. The Hall–Kier alpha value is -2.51. The minimum Gasteiger partial charge on any atom is -0.396 e. The Morgan fingerprint density at radius 3 is 2.58 bits per heavy atom. The van der Waals surface area contributed by atoms with Crippen molar-refractivity contribution in [3.63, 3.8) is 0 Å². The van der Waals surface area contributed by atoms with Gasteiger partial charge in [0.05, 0.1) is 11.4 Å². The number of benzene rings is 2. The molecule has 0 saturated heterocycles. The van der Waals surface area contributed by atoms with Gasteiger partial charge in [0.15, 0.2) is 0 Å². The lowest BCUT2D eigenvalue weighted by molar-refractivity contribution is 0.292. The number of hydrogen-bond acceptors (Lipinski definition) is 5. The molecule has 0 atom stereocenters. The molecule has 0 fully saturated rings. The fourth-order valence-corrected chi connectivity index (χ4v) is 2.69. The largest absolute Gasteiger partial charge is 0.396 e. The lowest BCUT2D eigenvalue weighted by Gasteiger charge is -2.12. The number of anilines is 3. The molecule has 0 aliphatic carbocycles. The maximum atomic E-state index is 14.1. The average Bonchev–Trinajstić information content (AvgIpc) is 2.65. The van der Waals surface area contributed by atoms with Gasteiger partial charge >= 0.3 is 0 Å². The molecule has 7 heteroatoms. The summed E-state index contributed by atoms with van der Waals surface area (Å²) < 4.78 is 14.8. The van der Waals surface area contributed by atoms with Crippen molar-refractivity contribution in [2.24, 2.45) is 0 Å². The van der Waals surface area contributed by atoms with Crippen LogP contribution in [0.3, 0.4) is 0 Å². The minimum atomic E-state index is -0.381. The van der Waals surface area contributed by atoms with Gasteiger partial charge in [0.2, 0.25) is 5.95 Å². The lowest BCUT2D eigenvalue weighted by Crippen LogP contribution is -2.09. The van der Waals surface area contributed by atoms with Crippen molar-refractivity contribution >= 4 is 33.4 Å². The molecule has 0 saturated carbocycles. The maximum absolute atomic E-state index is 14.1. The van der Waals surface area contributed by atoms with Crippen LogP contribution in [0.5, 0.6) is 0 Å². The SMILES string of the molecule is OCCCNc1nc(Nc2ccc(Br)cc2F)cc(-c2ccccc2)n1. The van der Waals surface area contributed by atoms with E-state index in [1.54, 1.807) is 18.2 Å². The monoisotopic (exact) mass is 416 g/mol. The maximum Gasteiger partial charge on any atom is 0.225 e. The van der Waals surface area contributed by atoms with Crippen molar-refractivity contribution in [1.82, 2.24) is 9.97 Å². The molecule has 0 aliphatic heterocycles. The number of nitrogens with one attached hydrogen (secondary N) is 2. The topological polar surface area (TPSA) is 70.1 Å². The van der Waals surface area contributed by atoms with Gasteiger partial charge in [-0.1, -0.05) is 46.3 Å². The average molecular weight is 417 g/mol. The van der Waals surface area contributed by atoms with Crippen LogP contribution >= 0.6 is 15.9 Å². The third-order valence-corrected chi connectivity index (χ3v) is 4.10. The van der Waals surface area contributed by atoms with Gasteiger partial charge in [-0.15, -0.1) is 0 Å². The highest BCUT2D eigenvalue weighted by molar-refractivity contribution is 9.10. The highest BCUT2D eigenvalue weighted by atomic mass is 79.9. The molecule has 0 bridgehead atoms. The summed E-state index contributed by atoms with van der Waals surface area (Å²) in [6.07, 6.45) is 0.586. The number of aliphatic hydroxyl groups is 1. The van der Waals surface area contributed by atoms with Crippen molar-refractivity contribution in [1.29, 1.82) is 0 Å². The van der Waals surface area contributed by atoms with Crippen LogP contribution in [-0.2, 0) is 0 Å². The smallest absolute Gasteiger partial charge is 0.225 e. The summed E-state index contributed by atoms with van der Waals surface area (Å²) >= 11 is 3.25. The van der Waals surface area contributed by atoms with Gasteiger partial charge in [-0.25, -0.2) is 9.37 Å². The van der Waals surface area contributed by atoms with Gasteiger partial charge in [-0.05, 0) is 24.6 Å². The minimum absolute atomic E-state index is 0.0839. The van der Waals surface area contributed by atoms with E-state index >= 15 is 0 Å². The van der Waals surface area contributed by atoms with Crippen LogP contribution in [0, 0.1) is 5.82 Å². The Labute approximate surface area is 159 Å². The van der Waals surface area contributed by atoms with E-state index in [0.717, 1.165) is 5.56 Å². The molecule has 3 rings (SSSR count). The molecule has 0 amide bonds. The number of aromatic nitrogens is 2. The molecular formula is C19H18BrFN4O. The van der Waals surface area contributed by atoms with Crippen LogP contribution < -0.4 is 10.6 Å². The van der Waals surface area contributed by atoms with Gasteiger partial charge in [0, 0.05) is 29.3 Å². The first-order valence-corrected chi connectivity index (χ1v) is 8.96. The predicted molar refractivity (Wildman–Crippen MR) is 105 cm³/mol. The summed E-state index contributed by atoms with van der Waals surface area (Å²) in [5, 5.41) is 15.0. The van der Waals surface area contributed by atoms with E-state index in [2.05, 4.69) is 36.5 Å². The van der Waals surface area contributed by atoms with Gasteiger partial charge in [-0.3, -0.25) is 0 Å². The second kappa shape index (κ2) is 8.73. The van der Waals surface area contributed by atoms with E-state index in [0.29, 0.717) is 40.6 Å². The van der Waals surface area contributed by atoms with Crippen molar-refractivity contribution in [3.05, 3.63) is 64.9 Å². The van der Waals surface area contributed by atoms with E-state index in [9.17, 15) is 4.39 Å². The Bertz CT molecular complexity index is 877. The quantitative estimate of drug-likeness (QED) is 0.491. The fourth-order valence-electron chi connectivity index (χ4n) is 2.36. The van der Waals surface area contributed by atoms with Crippen molar-refractivity contribution in [2.75, 3.05) is 23.8 Å². The molecule has 134 valence electrons. The zero-order chi connectivity index (χ0) is 18.4. The van der Waals surface area contributed by atoms with Crippen molar-refractivity contribution in [3.8, 4) is 11.3 Å². The molecule has 5 nitrogen and oxygen atoms in total. The standard InChI is InChI=1S/C19H18BrFN4O/c20-14-7-8-16(15(21)11-14)23-18-12-17(13-5-2-1-3-6-13)24-19(25-18)22-9-4-10-26/h1-3,5-8,11-12,26H,4,9-10H2,(H2,22,23,24,25). The van der Waals surface area contributed by atoms with Gasteiger partial charge < -0.3 is 15.7 Å². The Kier molecular flexibility index (Phi) is 6.14. The number of rotatable bonds is 7. The number of halogens is 2. The van der Waals surface area contributed by atoms with Crippen LogP contribution in [0.2, 0.25) is 0 Å². The second-order valence-electron chi connectivity index (χ2n) is 5.58. The molecule has 0 unspecified atom stereocenters. The third kappa shape index (κ3) is 4.77. The fraction of sp³-hybridized carbons (Fsp3) is 0.158. The molecule has 3 aromatic rings. The number of hydrogen-bond donors (Lipinski definition) is 3. The zero-order valence-corrected chi connectivity index (χ0v) is 15.5. The van der Waals surface area contributed by atoms with Gasteiger partial charge in [0.1, 0.15) is 11.6 Å². The summed E-state index contributed by atoms with van der Waals surface area (Å²) in [6.45, 7) is 0.626. The van der Waals surface area contributed by atoms with E-state index in [4.69, 9.17) is 5.11 Å². The first kappa shape index (κ1) is 18.3. The zero-order valence-electron chi connectivity index (χ0n) is 13.9. The summed E-state index contributed by atoms with van der Waals surface area (Å²) in [4.78, 5) is 8.90. The van der Waals surface area contributed by atoms with Crippen molar-refractivity contribution < 1.29 is 9.50 Å². The van der Waals surface area contributed by atoms with Crippen LogP contribution in [0.4, 0.5) is 21.8 Å². The van der Waals surface area contributed by atoms with Crippen LogP contribution in [-0.4, -0.2) is 28.2 Å². The molecule has 0 radical (unpaired) electrons. The van der Waals surface area contributed by atoms with Crippen molar-refractivity contribution in [2.45, 2.75) is 6.42 Å². The molecule has 0 spiro atoms. The summed E-state index contributed by atoms with van der Waals surface area (Å²) in [5.41, 5.74) is 1.97. The van der Waals surface area contributed by atoms with Crippen LogP contribution in [0.15, 0.2) is 59.1 Å². The van der Waals surface area contributed by atoms with E-state index in [-0.39, 0.29) is 12.4 Å². The normalized spacial score (nSPS) is 10.6. The summed E-state index contributed by atoms with van der Waals surface area (Å²) in [6, 6.07) is 16.2. The number of nitrogens with zero attached hydrogens (tertiary/aromatic N) is 2. The molecular weight excluding hydrogens is 399 g/mol. The Morgan fingerprint density at radius 1 is 1.04 bits per heavy atom. The second-order valence-corrected chi connectivity index (χ2v) is 6.50. The molecule has 2 aromatic carbocycles. The van der Waals surface area contributed by atoms with Gasteiger partial charge in [-0.2, -0.15) is 4.98 Å².